The molecular weight excluding hydrogens is 464 g/mol. The predicted octanol–water partition coefficient (Wildman–Crippen LogP) is 4.12. The molecule has 176 valence electrons. The lowest BCUT2D eigenvalue weighted by molar-refractivity contribution is -0.136. The molecule has 0 bridgehead atoms. The number of fused-ring (bicyclic) bond motifs is 1. The van der Waals surface area contributed by atoms with Gasteiger partial charge in [0.2, 0.25) is 0 Å². The number of aryl methyl sites for hydroxylation is 2. The maximum absolute atomic E-state index is 12.3. The van der Waals surface area contributed by atoms with Crippen molar-refractivity contribution < 1.29 is 19.1 Å². The van der Waals surface area contributed by atoms with E-state index in [1.807, 2.05) is 19.1 Å². The summed E-state index contributed by atoms with van der Waals surface area (Å²) in [7, 11) is 0. The monoisotopic (exact) mass is 486 g/mol. The van der Waals surface area contributed by atoms with Gasteiger partial charge in [-0.1, -0.05) is 18.2 Å². The smallest absolute Gasteiger partial charge is 0.343 e. The van der Waals surface area contributed by atoms with E-state index in [-0.39, 0.29) is 0 Å². The molecule has 8 nitrogen and oxygen atoms in total. The van der Waals surface area contributed by atoms with E-state index in [4.69, 9.17) is 4.74 Å². The summed E-state index contributed by atoms with van der Waals surface area (Å²) in [4.78, 5) is 37.8. The number of hydrogen-bond acceptors (Lipinski definition) is 7. The van der Waals surface area contributed by atoms with Crippen molar-refractivity contribution in [3.05, 3.63) is 81.2 Å². The molecule has 0 aliphatic heterocycles. The van der Waals surface area contributed by atoms with Gasteiger partial charge in [-0.3, -0.25) is 9.59 Å². The third kappa shape index (κ3) is 5.62. The molecular formula is C26H22N4O4S. The van der Waals surface area contributed by atoms with Gasteiger partial charge in [0.1, 0.15) is 16.8 Å². The molecule has 1 aliphatic carbocycles. The number of nitrogens with one attached hydrogen (secondary N) is 2. The summed E-state index contributed by atoms with van der Waals surface area (Å²) in [6.45, 7) is 1.83. The predicted molar refractivity (Wildman–Crippen MR) is 133 cm³/mol. The van der Waals surface area contributed by atoms with Crippen molar-refractivity contribution in [3.8, 4) is 11.8 Å². The lowest BCUT2D eigenvalue weighted by atomic mass is 9.96. The summed E-state index contributed by atoms with van der Waals surface area (Å²) in [6.07, 6.45) is 5.12. The number of amides is 2. The topological polar surface area (TPSA) is 121 Å². The molecule has 9 heteroatoms. The summed E-state index contributed by atoms with van der Waals surface area (Å²) < 4.78 is 5.39. The highest BCUT2D eigenvalue weighted by Crippen LogP contribution is 2.37. The summed E-state index contributed by atoms with van der Waals surface area (Å²) in [5, 5.41) is 16.2. The van der Waals surface area contributed by atoms with Gasteiger partial charge in [0.15, 0.2) is 0 Å². The molecule has 2 amide bonds. The van der Waals surface area contributed by atoms with Gasteiger partial charge >= 0.3 is 17.8 Å². The Morgan fingerprint density at radius 3 is 2.54 bits per heavy atom. The Balaban J connectivity index is 1.31. The Labute approximate surface area is 206 Å². The van der Waals surface area contributed by atoms with Crippen LogP contribution in [0.1, 0.15) is 50.3 Å². The molecule has 2 aromatic carbocycles. The van der Waals surface area contributed by atoms with Crippen molar-refractivity contribution >= 4 is 40.3 Å². The highest BCUT2D eigenvalue weighted by atomic mass is 32.1. The molecule has 1 aliphatic rings. The fraction of sp³-hybridized carbons (Fsp3) is 0.192. The number of esters is 1. The Morgan fingerprint density at radius 1 is 1.06 bits per heavy atom. The van der Waals surface area contributed by atoms with E-state index in [1.165, 1.54) is 17.6 Å². The van der Waals surface area contributed by atoms with Crippen molar-refractivity contribution in [2.24, 2.45) is 5.10 Å². The van der Waals surface area contributed by atoms with E-state index in [9.17, 15) is 19.6 Å². The molecule has 0 spiro atoms. The Morgan fingerprint density at radius 2 is 1.80 bits per heavy atom. The molecule has 0 unspecified atom stereocenters. The van der Waals surface area contributed by atoms with Gasteiger partial charge in [0, 0.05) is 4.88 Å². The molecule has 0 atom stereocenters. The van der Waals surface area contributed by atoms with Gasteiger partial charge in [0.05, 0.1) is 17.3 Å². The third-order valence-electron chi connectivity index (χ3n) is 5.55. The van der Waals surface area contributed by atoms with E-state index < -0.39 is 17.8 Å². The number of nitriles is 1. The van der Waals surface area contributed by atoms with Crippen molar-refractivity contribution in [1.82, 2.24) is 5.43 Å². The number of nitrogens with zero attached hydrogens (tertiary/aromatic N) is 2. The normalized spacial score (nSPS) is 12.5. The van der Waals surface area contributed by atoms with Gasteiger partial charge < -0.3 is 10.1 Å². The molecule has 2 N–H and O–H groups in total. The molecule has 0 fully saturated rings. The minimum absolute atomic E-state index is 0.366. The van der Waals surface area contributed by atoms with E-state index in [1.54, 1.807) is 36.4 Å². The second kappa shape index (κ2) is 10.8. The molecule has 1 aromatic heterocycles. The zero-order valence-electron chi connectivity index (χ0n) is 19.0. The first-order chi connectivity index (χ1) is 17.0. The van der Waals surface area contributed by atoms with Crippen LogP contribution in [0.3, 0.4) is 0 Å². The molecule has 0 saturated heterocycles. The zero-order chi connectivity index (χ0) is 24.8. The Hall–Kier alpha value is -4.29. The summed E-state index contributed by atoms with van der Waals surface area (Å²) >= 11 is 1.35. The Bertz CT molecular complexity index is 1350. The van der Waals surface area contributed by atoms with Crippen molar-refractivity contribution in [2.45, 2.75) is 32.6 Å². The summed E-state index contributed by atoms with van der Waals surface area (Å²) in [5.74, 6) is -1.92. The molecule has 1 heterocycles. The average molecular weight is 487 g/mol. The molecule has 0 radical (unpaired) electrons. The largest absolute Gasteiger partial charge is 0.423 e. The van der Waals surface area contributed by atoms with Gasteiger partial charge in [-0.2, -0.15) is 10.4 Å². The standard InChI is InChI=1S/C26H22N4O4S/c1-16-6-2-3-7-19(16)26(33)34-18-12-10-17(11-13-18)15-28-30-24(32)23(31)29-25-21(14-27)20-8-4-5-9-22(20)35-25/h2-3,6-7,10-13,15H,4-5,8-9H2,1H3,(H,29,31)(H,30,32)/b28-15+. The summed E-state index contributed by atoms with van der Waals surface area (Å²) in [6, 6.07) is 15.8. The molecule has 4 rings (SSSR count). The lowest BCUT2D eigenvalue weighted by Gasteiger charge is -2.09. The number of carbonyl (C=O) groups excluding carboxylic acids is 3. The minimum atomic E-state index is -0.944. The van der Waals surface area contributed by atoms with Crippen LogP contribution in [0.4, 0.5) is 5.00 Å². The number of carbonyl (C=O) groups is 3. The van der Waals surface area contributed by atoms with Crippen LogP contribution >= 0.6 is 11.3 Å². The molecule has 3 aromatic rings. The van der Waals surface area contributed by atoms with Crippen LogP contribution in [0.25, 0.3) is 0 Å². The van der Waals surface area contributed by atoms with Crippen LogP contribution in [-0.2, 0) is 22.4 Å². The second-order valence-corrected chi connectivity index (χ2v) is 9.06. The van der Waals surface area contributed by atoms with Crippen LogP contribution in [0.15, 0.2) is 53.6 Å². The minimum Gasteiger partial charge on any atom is -0.423 e. The van der Waals surface area contributed by atoms with Crippen LogP contribution in [0.5, 0.6) is 5.75 Å². The Kier molecular flexibility index (Phi) is 7.33. The van der Waals surface area contributed by atoms with E-state index in [0.29, 0.717) is 27.4 Å². The maximum atomic E-state index is 12.3. The van der Waals surface area contributed by atoms with Crippen LogP contribution in [0.2, 0.25) is 0 Å². The van der Waals surface area contributed by atoms with Crippen molar-refractivity contribution in [3.63, 3.8) is 0 Å². The number of hydrogen-bond donors (Lipinski definition) is 2. The van der Waals surface area contributed by atoms with E-state index in [0.717, 1.165) is 41.7 Å². The van der Waals surface area contributed by atoms with Crippen molar-refractivity contribution in [2.75, 3.05) is 5.32 Å². The van der Waals surface area contributed by atoms with Gasteiger partial charge in [0.25, 0.3) is 0 Å². The summed E-state index contributed by atoms with van der Waals surface area (Å²) in [5.41, 5.74) is 5.54. The fourth-order valence-corrected chi connectivity index (χ4v) is 4.97. The lowest BCUT2D eigenvalue weighted by Crippen LogP contribution is -2.32. The highest BCUT2D eigenvalue weighted by molar-refractivity contribution is 7.16. The van der Waals surface area contributed by atoms with Crippen LogP contribution in [-0.4, -0.2) is 24.0 Å². The zero-order valence-corrected chi connectivity index (χ0v) is 19.8. The molecule has 35 heavy (non-hydrogen) atoms. The fourth-order valence-electron chi connectivity index (χ4n) is 3.73. The number of thiophene rings is 1. The maximum Gasteiger partial charge on any atom is 0.343 e. The third-order valence-corrected chi connectivity index (χ3v) is 6.76. The van der Waals surface area contributed by atoms with Crippen LogP contribution < -0.4 is 15.5 Å². The number of benzene rings is 2. The van der Waals surface area contributed by atoms with E-state index >= 15 is 0 Å². The first kappa shape index (κ1) is 23.9. The first-order valence-corrected chi connectivity index (χ1v) is 11.8. The SMILES string of the molecule is Cc1ccccc1C(=O)Oc1ccc(/C=N/NC(=O)C(=O)Nc2sc3c(c2C#N)CCCC3)cc1. The van der Waals surface area contributed by atoms with Crippen LogP contribution in [0, 0.1) is 18.3 Å². The first-order valence-electron chi connectivity index (χ1n) is 11.0. The van der Waals surface area contributed by atoms with E-state index in [2.05, 4.69) is 21.9 Å². The van der Waals surface area contributed by atoms with Crippen molar-refractivity contribution in [1.29, 1.82) is 5.26 Å². The molecule has 0 saturated carbocycles. The van der Waals surface area contributed by atoms with Gasteiger partial charge in [-0.25, -0.2) is 10.2 Å². The number of anilines is 1. The number of rotatable bonds is 5. The van der Waals surface area contributed by atoms with Gasteiger partial charge in [-0.05, 0) is 79.6 Å². The average Bonchev–Trinajstić information content (AvgIpc) is 3.22. The highest BCUT2D eigenvalue weighted by Gasteiger charge is 2.23. The van der Waals surface area contributed by atoms with Gasteiger partial charge in [-0.15, -0.1) is 11.3 Å². The quantitative estimate of drug-likeness (QED) is 0.185. The number of ether oxygens (including phenoxy) is 1. The number of hydrazone groups is 1. The second-order valence-electron chi connectivity index (χ2n) is 7.95.